The molecule has 0 N–H and O–H groups in total. The zero-order valence-corrected chi connectivity index (χ0v) is 15.9. The number of benzene rings is 1. The molecule has 0 heterocycles. The van der Waals surface area contributed by atoms with Crippen molar-refractivity contribution in [2.45, 2.75) is 70.8 Å². The largest absolute Gasteiger partial charge is 0.371 e. The summed E-state index contributed by atoms with van der Waals surface area (Å²) in [6, 6.07) is 10.2. The van der Waals surface area contributed by atoms with Crippen LogP contribution in [-0.2, 0) is 4.74 Å². The zero-order chi connectivity index (χ0) is 17.8. The van der Waals surface area contributed by atoms with Crippen molar-refractivity contribution in [3.8, 4) is 0 Å². The van der Waals surface area contributed by atoms with Gasteiger partial charge in [0, 0.05) is 19.2 Å². The first-order valence-electron chi connectivity index (χ1n) is 9.90. The quantitative estimate of drug-likeness (QED) is 0.334. The first-order valence-corrected chi connectivity index (χ1v) is 9.90. The lowest BCUT2D eigenvalue weighted by atomic mass is 9.88. The second-order valence-corrected chi connectivity index (χ2v) is 6.91. The topological polar surface area (TPSA) is 21.6 Å². The molecule has 0 fully saturated rings. The van der Waals surface area contributed by atoms with E-state index < -0.39 is 0 Å². The van der Waals surface area contributed by atoms with Gasteiger partial charge in [-0.3, -0.25) is 4.99 Å². The maximum atomic E-state index is 6.25. The molecule has 2 heteroatoms. The average Bonchev–Trinajstić information content (AvgIpc) is 2.67. The summed E-state index contributed by atoms with van der Waals surface area (Å²) in [4.78, 5) is 4.61. The van der Waals surface area contributed by atoms with Crippen LogP contribution in [0.25, 0.3) is 0 Å². The van der Waals surface area contributed by atoms with Gasteiger partial charge >= 0.3 is 0 Å². The standard InChI is InChI=1S/C23H33NO/c1-3-5-6-7-11-16-23(25-19-4-2)17-14-22(15-18-23)24-20-21-12-9-8-10-13-21/h8-10,12-15,17,20H,3-7,11,16,18-19H2,1-2H3. The minimum Gasteiger partial charge on any atom is -0.371 e. The highest BCUT2D eigenvalue weighted by atomic mass is 16.5. The van der Waals surface area contributed by atoms with Gasteiger partial charge in [0.15, 0.2) is 0 Å². The van der Waals surface area contributed by atoms with E-state index in [-0.39, 0.29) is 5.60 Å². The Balaban J connectivity index is 1.91. The molecule has 136 valence electrons. The van der Waals surface area contributed by atoms with Crippen LogP contribution in [0.1, 0.15) is 70.8 Å². The second-order valence-electron chi connectivity index (χ2n) is 6.91. The number of nitrogens with zero attached hydrogens (tertiary/aromatic N) is 1. The van der Waals surface area contributed by atoms with Crippen LogP contribution in [0.15, 0.2) is 59.2 Å². The van der Waals surface area contributed by atoms with Gasteiger partial charge in [-0.1, -0.05) is 88.4 Å². The van der Waals surface area contributed by atoms with Crippen molar-refractivity contribution < 1.29 is 4.74 Å². The van der Waals surface area contributed by atoms with Crippen molar-refractivity contribution in [2.75, 3.05) is 6.61 Å². The van der Waals surface area contributed by atoms with Gasteiger partial charge in [-0.2, -0.15) is 0 Å². The van der Waals surface area contributed by atoms with E-state index in [4.69, 9.17) is 4.74 Å². The van der Waals surface area contributed by atoms with E-state index in [9.17, 15) is 0 Å². The Morgan fingerprint density at radius 1 is 1.04 bits per heavy atom. The molecule has 0 radical (unpaired) electrons. The average molecular weight is 340 g/mol. The molecule has 0 saturated carbocycles. The Morgan fingerprint density at radius 2 is 1.84 bits per heavy atom. The maximum Gasteiger partial charge on any atom is 0.0901 e. The van der Waals surface area contributed by atoms with Gasteiger partial charge in [-0.05, 0) is 24.5 Å². The van der Waals surface area contributed by atoms with E-state index in [1.807, 2.05) is 24.4 Å². The van der Waals surface area contributed by atoms with Crippen LogP contribution in [0.5, 0.6) is 0 Å². The van der Waals surface area contributed by atoms with E-state index in [0.717, 1.165) is 37.1 Å². The van der Waals surface area contributed by atoms with Crippen molar-refractivity contribution in [1.29, 1.82) is 0 Å². The molecular weight excluding hydrogens is 306 g/mol. The summed E-state index contributed by atoms with van der Waals surface area (Å²) in [5, 5.41) is 0. The normalized spacial score (nSPS) is 20.2. The van der Waals surface area contributed by atoms with E-state index in [1.165, 1.54) is 32.1 Å². The number of allylic oxidation sites excluding steroid dienone is 1. The van der Waals surface area contributed by atoms with Crippen LogP contribution in [-0.4, -0.2) is 18.4 Å². The van der Waals surface area contributed by atoms with Crippen molar-refractivity contribution in [1.82, 2.24) is 0 Å². The van der Waals surface area contributed by atoms with Crippen molar-refractivity contribution in [3.63, 3.8) is 0 Å². The van der Waals surface area contributed by atoms with Gasteiger partial charge in [0.1, 0.15) is 0 Å². The predicted molar refractivity (Wildman–Crippen MR) is 108 cm³/mol. The SMILES string of the molecule is CCCCCCCC1(OCCC)C=CC(N=Cc2ccccc2)=CC1. The summed E-state index contributed by atoms with van der Waals surface area (Å²) in [5.74, 6) is 0. The molecular formula is C23H33NO. The maximum absolute atomic E-state index is 6.25. The molecule has 0 saturated heterocycles. The van der Waals surface area contributed by atoms with Gasteiger partial charge < -0.3 is 4.74 Å². The highest BCUT2D eigenvalue weighted by Gasteiger charge is 2.28. The van der Waals surface area contributed by atoms with Crippen LogP contribution in [0.2, 0.25) is 0 Å². The molecule has 0 amide bonds. The van der Waals surface area contributed by atoms with Gasteiger partial charge in [0.25, 0.3) is 0 Å². The summed E-state index contributed by atoms with van der Waals surface area (Å²) in [6.45, 7) is 5.26. The van der Waals surface area contributed by atoms with Gasteiger partial charge in [0.2, 0.25) is 0 Å². The molecule has 1 aromatic carbocycles. The smallest absolute Gasteiger partial charge is 0.0901 e. The minimum atomic E-state index is -0.117. The Bertz CT molecular complexity index is 573. The number of rotatable bonds is 11. The van der Waals surface area contributed by atoms with Crippen LogP contribution in [0, 0.1) is 0 Å². The molecule has 1 aliphatic carbocycles. The third kappa shape index (κ3) is 6.99. The predicted octanol–water partition coefficient (Wildman–Crippen LogP) is 6.48. The fourth-order valence-electron chi connectivity index (χ4n) is 3.13. The minimum absolute atomic E-state index is 0.117. The van der Waals surface area contributed by atoms with Gasteiger partial charge in [-0.15, -0.1) is 0 Å². The molecule has 0 spiro atoms. The van der Waals surface area contributed by atoms with E-state index >= 15 is 0 Å². The van der Waals surface area contributed by atoms with Crippen LogP contribution in [0.3, 0.4) is 0 Å². The number of unbranched alkanes of at least 4 members (excludes halogenated alkanes) is 4. The lowest BCUT2D eigenvalue weighted by Gasteiger charge is -2.32. The molecule has 0 aromatic heterocycles. The lowest BCUT2D eigenvalue weighted by molar-refractivity contribution is -0.0148. The van der Waals surface area contributed by atoms with Crippen molar-refractivity contribution in [2.24, 2.45) is 4.99 Å². The third-order valence-corrected chi connectivity index (χ3v) is 4.67. The highest BCUT2D eigenvalue weighted by Crippen LogP contribution is 2.31. The summed E-state index contributed by atoms with van der Waals surface area (Å²) >= 11 is 0. The molecule has 1 aromatic rings. The summed E-state index contributed by atoms with van der Waals surface area (Å²) in [6.07, 6.45) is 18.2. The number of hydrogen-bond donors (Lipinski definition) is 0. The number of hydrogen-bond acceptors (Lipinski definition) is 2. The first-order chi connectivity index (χ1) is 12.3. The molecule has 1 atom stereocenters. The molecule has 1 unspecified atom stereocenters. The number of ether oxygens (including phenoxy) is 1. The Labute approximate surface area is 153 Å². The van der Waals surface area contributed by atoms with E-state index in [2.05, 4.69) is 49.2 Å². The third-order valence-electron chi connectivity index (χ3n) is 4.67. The fraction of sp³-hybridized carbons (Fsp3) is 0.522. The zero-order valence-electron chi connectivity index (χ0n) is 15.9. The molecule has 2 rings (SSSR count). The number of aliphatic imine (C=N–C) groups is 1. The summed E-state index contributed by atoms with van der Waals surface area (Å²) in [7, 11) is 0. The molecule has 0 bridgehead atoms. The molecule has 2 nitrogen and oxygen atoms in total. The first kappa shape index (κ1) is 19.7. The van der Waals surface area contributed by atoms with Crippen LogP contribution < -0.4 is 0 Å². The fourth-order valence-corrected chi connectivity index (χ4v) is 3.13. The monoisotopic (exact) mass is 339 g/mol. The van der Waals surface area contributed by atoms with E-state index in [0.29, 0.717) is 0 Å². The highest BCUT2D eigenvalue weighted by molar-refractivity contribution is 5.80. The molecule has 25 heavy (non-hydrogen) atoms. The van der Waals surface area contributed by atoms with Gasteiger partial charge in [-0.25, -0.2) is 0 Å². The Hall–Kier alpha value is -1.67. The van der Waals surface area contributed by atoms with Crippen LogP contribution in [0.4, 0.5) is 0 Å². The molecule has 1 aliphatic rings. The summed E-state index contributed by atoms with van der Waals surface area (Å²) in [5.41, 5.74) is 2.05. The lowest BCUT2D eigenvalue weighted by Crippen LogP contribution is -2.31. The van der Waals surface area contributed by atoms with Gasteiger partial charge in [0.05, 0.1) is 11.3 Å². The molecule has 0 aliphatic heterocycles. The second kappa shape index (κ2) is 11.0. The summed E-state index contributed by atoms with van der Waals surface area (Å²) < 4.78 is 6.25. The Kier molecular flexibility index (Phi) is 8.68. The van der Waals surface area contributed by atoms with Crippen molar-refractivity contribution in [3.05, 3.63) is 59.8 Å². The van der Waals surface area contributed by atoms with Crippen molar-refractivity contribution >= 4 is 6.21 Å². The Morgan fingerprint density at radius 3 is 2.52 bits per heavy atom. The van der Waals surface area contributed by atoms with Crippen LogP contribution >= 0.6 is 0 Å². The van der Waals surface area contributed by atoms with E-state index in [1.54, 1.807) is 0 Å².